The molecule has 1 unspecified atom stereocenters. The third kappa shape index (κ3) is 2.22. The first kappa shape index (κ1) is 13.5. The van der Waals surface area contributed by atoms with Gasteiger partial charge in [0.25, 0.3) is 5.56 Å². The van der Waals surface area contributed by atoms with Crippen LogP contribution in [0, 0.1) is 5.41 Å². The average Bonchev–Trinajstić information content (AvgIpc) is 2.50. The van der Waals surface area contributed by atoms with Crippen molar-refractivity contribution in [3.05, 3.63) is 51.3 Å². The van der Waals surface area contributed by atoms with Crippen molar-refractivity contribution in [2.45, 2.75) is 13.5 Å². The second-order valence-electron chi connectivity index (χ2n) is 5.61. The lowest BCUT2D eigenvalue weighted by atomic mass is 9.89. The van der Waals surface area contributed by atoms with Crippen LogP contribution < -0.4 is 11.2 Å². The quantitative estimate of drug-likeness (QED) is 0.817. The van der Waals surface area contributed by atoms with E-state index in [0.29, 0.717) is 24.1 Å². The zero-order valence-electron chi connectivity index (χ0n) is 12.0. The Labute approximate surface area is 121 Å². The van der Waals surface area contributed by atoms with Crippen molar-refractivity contribution in [3.63, 3.8) is 0 Å². The van der Waals surface area contributed by atoms with Crippen LogP contribution in [-0.4, -0.2) is 26.9 Å². The van der Waals surface area contributed by atoms with Gasteiger partial charge < -0.3 is 0 Å². The maximum Gasteiger partial charge on any atom is 0.331 e. The minimum absolute atomic E-state index is 0.291. The van der Waals surface area contributed by atoms with Gasteiger partial charge in [0.1, 0.15) is 0 Å². The Balaban J connectivity index is 2.20. The summed E-state index contributed by atoms with van der Waals surface area (Å²) in [5, 5.41) is 0. The molecule has 21 heavy (non-hydrogen) atoms. The number of aryl methyl sites for hydroxylation is 1. The van der Waals surface area contributed by atoms with Crippen LogP contribution in [0.4, 0.5) is 0 Å². The number of fused-ring (bicyclic) bond motifs is 1. The number of rotatable bonds is 2. The van der Waals surface area contributed by atoms with Crippen LogP contribution in [-0.2, 0) is 13.6 Å². The van der Waals surface area contributed by atoms with Crippen molar-refractivity contribution < 1.29 is 0 Å². The fourth-order valence-electron chi connectivity index (χ4n) is 2.58. The summed E-state index contributed by atoms with van der Waals surface area (Å²) < 4.78 is 2.71. The zero-order valence-corrected chi connectivity index (χ0v) is 12.0. The second-order valence-corrected chi connectivity index (χ2v) is 5.61. The van der Waals surface area contributed by atoms with Crippen molar-refractivity contribution in [3.8, 4) is 0 Å². The first-order chi connectivity index (χ1) is 10.0. The molecular formula is C15H16N4O2. The highest BCUT2D eigenvalue weighted by Crippen LogP contribution is 2.22. The van der Waals surface area contributed by atoms with E-state index >= 15 is 0 Å². The molecule has 0 fully saturated rings. The Bertz CT molecular complexity index is 875. The van der Waals surface area contributed by atoms with E-state index in [9.17, 15) is 9.59 Å². The van der Waals surface area contributed by atoms with Crippen molar-refractivity contribution in [2.75, 3.05) is 6.54 Å². The summed E-state index contributed by atoms with van der Waals surface area (Å²) in [6, 6.07) is 3.44. The minimum atomic E-state index is -0.349. The summed E-state index contributed by atoms with van der Waals surface area (Å²) >= 11 is 0. The van der Waals surface area contributed by atoms with Gasteiger partial charge in [0.05, 0.1) is 5.52 Å². The van der Waals surface area contributed by atoms with Crippen LogP contribution in [0.25, 0.3) is 11.0 Å². The number of pyridine rings is 1. The van der Waals surface area contributed by atoms with E-state index in [1.807, 2.05) is 19.1 Å². The van der Waals surface area contributed by atoms with Gasteiger partial charge in [0.2, 0.25) is 0 Å². The highest BCUT2D eigenvalue weighted by molar-refractivity contribution is 5.73. The topological polar surface area (TPSA) is 69.2 Å². The standard InChI is InChI=1S/C15H16N4O2/c1-15(6-4-7-16-9-15)10-19-13(20)12-11(5-3-8-17-12)18(2)14(19)21/h3-8H,9-10H2,1-2H3. The predicted molar refractivity (Wildman–Crippen MR) is 81.9 cm³/mol. The van der Waals surface area contributed by atoms with Crippen LogP contribution in [0.5, 0.6) is 0 Å². The van der Waals surface area contributed by atoms with Crippen molar-refractivity contribution in [1.29, 1.82) is 0 Å². The summed E-state index contributed by atoms with van der Waals surface area (Å²) in [7, 11) is 1.65. The molecule has 108 valence electrons. The second kappa shape index (κ2) is 4.80. The van der Waals surface area contributed by atoms with Gasteiger partial charge in [-0.05, 0) is 18.2 Å². The van der Waals surface area contributed by atoms with Crippen LogP contribution in [0.3, 0.4) is 0 Å². The number of dihydropyridines is 1. The summed E-state index contributed by atoms with van der Waals surface area (Å²) in [5.41, 5.74) is -0.159. The van der Waals surface area contributed by atoms with E-state index < -0.39 is 0 Å². The first-order valence-electron chi connectivity index (χ1n) is 6.74. The predicted octanol–water partition coefficient (Wildman–Crippen LogP) is 0.742. The fourth-order valence-corrected chi connectivity index (χ4v) is 2.58. The molecule has 0 amide bonds. The molecule has 0 N–H and O–H groups in total. The molecule has 1 aliphatic heterocycles. The Kier molecular flexibility index (Phi) is 3.08. The van der Waals surface area contributed by atoms with Crippen LogP contribution >= 0.6 is 0 Å². The molecule has 2 aromatic heterocycles. The minimum Gasteiger partial charge on any atom is -0.295 e. The lowest BCUT2D eigenvalue weighted by Crippen LogP contribution is -2.43. The van der Waals surface area contributed by atoms with Gasteiger partial charge in [-0.3, -0.25) is 18.9 Å². The molecule has 0 saturated carbocycles. The molecule has 3 heterocycles. The van der Waals surface area contributed by atoms with E-state index in [1.54, 1.807) is 31.6 Å². The Hall–Kier alpha value is -2.50. The van der Waals surface area contributed by atoms with Gasteiger partial charge in [0.15, 0.2) is 5.52 Å². The van der Waals surface area contributed by atoms with E-state index in [-0.39, 0.29) is 16.7 Å². The van der Waals surface area contributed by atoms with Crippen molar-refractivity contribution in [1.82, 2.24) is 14.1 Å². The summed E-state index contributed by atoms with van der Waals surface area (Å²) in [5.74, 6) is 0. The number of hydrogen-bond donors (Lipinski definition) is 0. The van der Waals surface area contributed by atoms with Crippen LogP contribution in [0.1, 0.15) is 6.92 Å². The number of aromatic nitrogens is 3. The van der Waals surface area contributed by atoms with Gasteiger partial charge in [-0.2, -0.15) is 0 Å². The van der Waals surface area contributed by atoms with Gasteiger partial charge in [-0.25, -0.2) is 9.78 Å². The smallest absolute Gasteiger partial charge is 0.295 e. The summed E-state index contributed by atoms with van der Waals surface area (Å²) in [4.78, 5) is 33.3. The fraction of sp³-hybridized carbons (Fsp3) is 0.333. The Morgan fingerprint density at radius 1 is 1.38 bits per heavy atom. The van der Waals surface area contributed by atoms with Crippen LogP contribution in [0.2, 0.25) is 0 Å². The Morgan fingerprint density at radius 3 is 2.90 bits per heavy atom. The van der Waals surface area contributed by atoms with E-state index in [4.69, 9.17) is 0 Å². The van der Waals surface area contributed by atoms with Gasteiger partial charge in [0, 0.05) is 38.0 Å². The third-order valence-corrected chi connectivity index (χ3v) is 3.78. The molecule has 1 atom stereocenters. The number of hydrogen-bond acceptors (Lipinski definition) is 4. The normalized spacial score (nSPS) is 21.0. The van der Waals surface area contributed by atoms with Gasteiger partial charge in [-0.15, -0.1) is 0 Å². The summed E-state index contributed by atoms with van der Waals surface area (Å²) in [6.45, 7) is 2.83. The third-order valence-electron chi connectivity index (χ3n) is 3.78. The lowest BCUT2D eigenvalue weighted by molar-refractivity contribution is 0.351. The molecular weight excluding hydrogens is 268 g/mol. The zero-order chi connectivity index (χ0) is 15.0. The molecule has 0 radical (unpaired) electrons. The van der Waals surface area contributed by atoms with Gasteiger partial charge >= 0.3 is 5.69 Å². The number of allylic oxidation sites excluding steroid dienone is 1. The largest absolute Gasteiger partial charge is 0.331 e. The van der Waals surface area contributed by atoms with E-state index in [0.717, 1.165) is 0 Å². The number of aliphatic imine (C=N–C) groups is 1. The highest BCUT2D eigenvalue weighted by atomic mass is 16.2. The van der Waals surface area contributed by atoms with Gasteiger partial charge in [-0.1, -0.05) is 13.0 Å². The lowest BCUT2D eigenvalue weighted by Gasteiger charge is -2.26. The molecule has 0 saturated heterocycles. The SMILES string of the molecule is Cn1c(=O)n(CC2(C)C=CC=NC2)c(=O)c2ncccc21. The molecule has 0 aliphatic carbocycles. The molecule has 0 spiro atoms. The molecule has 3 rings (SSSR count). The molecule has 1 aliphatic rings. The monoisotopic (exact) mass is 284 g/mol. The van der Waals surface area contributed by atoms with Crippen molar-refractivity contribution in [2.24, 2.45) is 17.5 Å². The molecule has 6 heteroatoms. The van der Waals surface area contributed by atoms with E-state index in [2.05, 4.69) is 9.98 Å². The molecule has 6 nitrogen and oxygen atoms in total. The average molecular weight is 284 g/mol. The van der Waals surface area contributed by atoms with E-state index in [1.165, 1.54) is 9.13 Å². The number of nitrogens with zero attached hydrogens (tertiary/aromatic N) is 4. The summed E-state index contributed by atoms with van der Waals surface area (Å²) in [6.07, 6.45) is 7.11. The maximum absolute atomic E-state index is 12.5. The molecule has 0 bridgehead atoms. The molecule has 0 aromatic carbocycles. The maximum atomic E-state index is 12.5. The van der Waals surface area contributed by atoms with Crippen LogP contribution in [0.15, 0.2) is 45.1 Å². The van der Waals surface area contributed by atoms with Crippen molar-refractivity contribution >= 4 is 17.2 Å². The Morgan fingerprint density at radius 2 is 2.19 bits per heavy atom. The molecule has 2 aromatic rings. The first-order valence-corrected chi connectivity index (χ1v) is 6.74. The highest BCUT2D eigenvalue weighted by Gasteiger charge is 2.25.